The van der Waals surface area contributed by atoms with Crippen LogP contribution in [0.5, 0.6) is 0 Å². The van der Waals surface area contributed by atoms with Crippen molar-refractivity contribution < 1.29 is 0 Å². The van der Waals surface area contributed by atoms with Crippen LogP contribution in [0.25, 0.3) is 0 Å². The highest BCUT2D eigenvalue weighted by molar-refractivity contribution is 9.10. The minimum Gasteiger partial charge on any atom is -0.397 e. The second kappa shape index (κ2) is 4.89. The van der Waals surface area contributed by atoms with Gasteiger partial charge in [0.1, 0.15) is 0 Å². The van der Waals surface area contributed by atoms with E-state index in [1.165, 1.54) is 12.1 Å². The lowest BCUT2D eigenvalue weighted by atomic mass is 9.85. The molecule has 3 atom stereocenters. The summed E-state index contributed by atoms with van der Waals surface area (Å²) in [6.45, 7) is 8.06. The van der Waals surface area contributed by atoms with Crippen LogP contribution in [0.1, 0.15) is 27.2 Å². The Morgan fingerprint density at radius 1 is 1.29 bits per heavy atom. The molecule has 1 saturated heterocycles. The summed E-state index contributed by atoms with van der Waals surface area (Å²) in [7, 11) is 0. The number of hydrogen-bond donors (Lipinski definition) is 1. The van der Waals surface area contributed by atoms with Crippen LogP contribution >= 0.6 is 15.9 Å². The van der Waals surface area contributed by atoms with Gasteiger partial charge in [-0.15, -0.1) is 0 Å². The Morgan fingerprint density at radius 2 is 2.00 bits per heavy atom. The normalized spacial score (nSPS) is 29.4. The van der Waals surface area contributed by atoms with Crippen molar-refractivity contribution in [2.75, 3.05) is 17.2 Å². The summed E-state index contributed by atoms with van der Waals surface area (Å²) in [5.41, 5.74) is 8.16. The van der Waals surface area contributed by atoms with E-state index in [4.69, 9.17) is 5.73 Å². The van der Waals surface area contributed by atoms with Crippen LogP contribution in [0.15, 0.2) is 22.7 Å². The van der Waals surface area contributed by atoms with Crippen molar-refractivity contribution >= 4 is 27.3 Å². The van der Waals surface area contributed by atoms with Gasteiger partial charge in [-0.25, -0.2) is 0 Å². The van der Waals surface area contributed by atoms with Gasteiger partial charge in [0.05, 0.1) is 11.4 Å². The number of nitrogens with two attached hydrogens (primary N) is 1. The number of rotatable bonds is 1. The van der Waals surface area contributed by atoms with E-state index in [2.05, 4.69) is 47.7 Å². The Morgan fingerprint density at radius 3 is 2.71 bits per heavy atom. The minimum atomic E-state index is 0.558. The summed E-state index contributed by atoms with van der Waals surface area (Å²) in [6, 6.07) is 6.68. The van der Waals surface area contributed by atoms with Crippen molar-refractivity contribution in [1.29, 1.82) is 0 Å². The Bertz CT molecular complexity index is 405. The molecule has 3 heteroatoms. The van der Waals surface area contributed by atoms with Crippen molar-refractivity contribution in [3.05, 3.63) is 22.7 Å². The zero-order valence-electron chi connectivity index (χ0n) is 10.8. The molecule has 1 aliphatic heterocycles. The van der Waals surface area contributed by atoms with E-state index in [0.717, 1.165) is 28.5 Å². The smallest absolute Gasteiger partial charge is 0.0613 e. The maximum absolute atomic E-state index is 6.11. The van der Waals surface area contributed by atoms with E-state index >= 15 is 0 Å². The van der Waals surface area contributed by atoms with E-state index < -0.39 is 0 Å². The van der Waals surface area contributed by atoms with Gasteiger partial charge in [-0.05, 0) is 43.4 Å². The third kappa shape index (κ3) is 2.59. The van der Waals surface area contributed by atoms with Crippen LogP contribution in [0.3, 0.4) is 0 Å². The average molecular weight is 297 g/mol. The molecule has 1 heterocycles. The van der Waals surface area contributed by atoms with Crippen molar-refractivity contribution in [3.63, 3.8) is 0 Å². The van der Waals surface area contributed by atoms with E-state index in [1.807, 2.05) is 12.1 Å². The van der Waals surface area contributed by atoms with Gasteiger partial charge < -0.3 is 10.6 Å². The van der Waals surface area contributed by atoms with E-state index in [1.54, 1.807) is 0 Å². The molecule has 17 heavy (non-hydrogen) atoms. The lowest BCUT2D eigenvalue weighted by Crippen LogP contribution is -2.46. The molecule has 0 bridgehead atoms. The molecule has 94 valence electrons. The molecule has 1 aliphatic rings. The predicted molar refractivity (Wildman–Crippen MR) is 78.3 cm³/mol. The summed E-state index contributed by atoms with van der Waals surface area (Å²) in [4.78, 5) is 2.46. The minimum absolute atomic E-state index is 0.558. The molecule has 1 aromatic carbocycles. The highest BCUT2D eigenvalue weighted by atomic mass is 79.9. The first kappa shape index (κ1) is 12.7. The van der Waals surface area contributed by atoms with Crippen LogP contribution in [-0.4, -0.2) is 12.6 Å². The van der Waals surface area contributed by atoms with Crippen molar-refractivity contribution in [3.8, 4) is 0 Å². The second-order valence-corrected chi connectivity index (χ2v) is 6.33. The third-order valence-corrected chi connectivity index (χ3v) is 4.39. The molecule has 0 radical (unpaired) electrons. The average Bonchev–Trinajstić information content (AvgIpc) is 2.27. The molecule has 0 aliphatic carbocycles. The Kier molecular flexibility index (Phi) is 3.67. The molecule has 2 nitrogen and oxygen atoms in total. The fourth-order valence-electron chi connectivity index (χ4n) is 2.80. The number of hydrogen-bond acceptors (Lipinski definition) is 2. The van der Waals surface area contributed by atoms with Gasteiger partial charge >= 0.3 is 0 Å². The van der Waals surface area contributed by atoms with Gasteiger partial charge in [-0.2, -0.15) is 0 Å². The van der Waals surface area contributed by atoms with Crippen LogP contribution in [0.4, 0.5) is 11.4 Å². The van der Waals surface area contributed by atoms with E-state index in [9.17, 15) is 0 Å². The number of nitrogen functional groups attached to an aromatic ring is 1. The number of benzene rings is 1. The zero-order valence-corrected chi connectivity index (χ0v) is 12.4. The standard InChI is InChI=1S/C14H21BrN2/c1-9-6-10(2)11(3)17(8-9)14-7-12(15)4-5-13(14)16/h4-5,7,9-11H,6,8,16H2,1-3H3. The summed E-state index contributed by atoms with van der Waals surface area (Å²) >= 11 is 3.53. The quantitative estimate of drug-likeness (QED) is 0.797. The third-order valence-electron chi connectivity index (χ3n) is 3.90. The number of piperidine rings is 1. The SMILES string of the molecule is CC1CC(C)C(C)N(c2cc(Br)ccc2N)C1. The number of halogens is 1. The Labute approximate surface area is 112 Å². The molecule has 0 aromatic heterocycles. The van der Waals surface area contributed by atoms with E-state index in [0.29, 0.717) is 6.04 Å². The Hall–Kier alpha value is -0.700. The summed E-state index contributed by atoms with van der Waals surface area (Å²) in [5, 5.41) is 0. The van der Waals surface area contributed by atoms with Gasteiger partial charge in [0, 0.05) is 17.1 Å². The molecule has 2 N–H and O–H groups in total. The summed E-state index contributed by atoms with van der Waals surface area (Å²) in [6.07, 6.45) is 1.31. The molecule has 1 fully saturated rings. The van der Waals surface area contributed by atoms with Crippen LogP contribution in [-0.2, 0) is 0 Å². The van der Waals surface area contributed by atoms with Crippen molar-refractivity contribution in [1.82, 2.24) is 0 Å². The maximum Gasteiger partial charge on any atom is 0.0613 e. The second-order valence-electron chi connectivity index (χ2n) is 5.41. The zero-order chi connectivity index (χ0) is 12.6. The van der Waals surface area contributed by atoms with Crippen LogP contribution in [0, 0.1) is 11.8 Å². The van der Waals surface area contributed by atoms with Crippen LogP contribution in [0.2, 0.25) is 0 Å². The summed E-state index contributed by atoms with van der Waals surface area (Å²) in [5.74, 6) is 1.46. The fraction of sp³-hybridized carbons (Fsp3) is 0.571. The first-order chi connectivity index (χ1) is 7.99. The van der Waals surface area contributed by atoms with Gasteiger partial charge in [-0.3, -0.25) is 0 Å². The predicted octanol–water partition coefficient (Wildman–Crippen LogP) is 3.90. The monoisotopic (exact) mass is 296 g/mol. The lowest BCUT2D eigenvalue weighted by Gasteiger charge is -2.43. The van der Waals surface area contributed by atoms with Crippen molar-refractivity contribution in [2.24, 2.45) is 11.8 Å². The molecule has 0 saturated carbocycles. The number of anilines is 2. The first-order valence-electron chi connectivity index (χ1n) is 6.30. The van der Waals surface area contributed by atoms with Gasteiger partial charge in [0.15, 0.2) is 0 Å². The molecule has 1 aromatic rings. The first-order valence-corrected chi connectivity index (χ1v) is 7.10. The topological polar surface area (TPSA) is 29.3 Å². The fourth-order valence-corrected chi connectivity index (χ4v) is 3.15. The maximum atomic E-state index is 6.11. The Balaban J connectivity index is 2.34. The highest BCUT2D eigenvalue weighted by Gasteiger charge is 2.29. The van der Waals surface area contributed by atoms with Crippen molar-refractivity contribution in [2.45, 2.75) is 33.2 Å². The molecule has 3 unspecified atom stereocenters. The number of nitrogens with zero attached hydrogens (tertiary/aromatic N) is 1. The van der Waals surface area contributed by atoms with Gasteiger partial charge in [-0.1, -0.05) is 29.8 Å². The molecule has 2 rings (SSSR count). The van der Waals surface area contributed by atoms with Gasteiger partial charge in [0.2, 0.25) is 0 Å². The molecule has 0 spiro atoms. The van der Waals surface area contributed by atoms with E-state index in [-0.39, 0.29) is 0 Å². The largest absolute Gasteiger partial charge is 0.397 e. The summed E-state index contributed by atoms with van der Waals surface area (Å²) < 4.78 is 1.10. The molecule has 0 amide bonds. The lowest BCUT2D eigenvalue weighted by molar-refractivity contribution is 0.297. The van der Waals surface area contributed by atoms with Crippen LogP contribution < -0.4 is 10.6 Å². The van der Waals surface area contributed by atoms with Gasteiger partial charge in [0.25, 0.3) is 0 Å². The molecular formula is C14H21BrN2. The highest BCUT2D eigenvalue weighted by Crippen LogP contribution is 2.35. The molecular weight excluding hydrogens is 276 g/mol.